The molecular weight excluding hydrogens is 222 g/mol. The topological polar surface area (TPSA) is 21.3 Å². The van der Waals surface area contributed by atoms with E-state index in [1.807, 2.05) is 7.05 Å². The maximum Gasteiger partial charge on any atom is 0.141 e. The van der Waals surface area contributed by atoms with Crippen LogP contribution in [0.3, 0.4) is 0 Å². The molecule has 1 aromatic carbocycles. The normalized spacial score (nSPS) is 10.4. The van der Waals surface area contributed by atoms with Crippen molar-refractivity contribution in [2.75, 3.05) is 19.5 Å². The van der Waals surface area contributed by atoms with Crippen LogP contribution in [0.15, 0.2) is 18.2 Å². The summed E-state index contributed by atoms with van der Waals surface area (Å²) >= 11 is 0. The van der Waals surface area contributed by atoms with Crippen LogP contribution >= 0.6 is 0 Å². The van der Waals surface area contributed by atoms with Gasteiger partial charge in [-0.1, -0.05) is 45.1 Å². The van der Waals surface area contributed by atoms with Gasteiger partial charge in [0.2, 0.25) is 0 Å². The second kappa shape index (κ2) is 8.84. The van der Waals surface area contributed by atoms with Crippen molar-refractivity contribution in [3.63, 3.8) is 0 Å². The zero-order valence-electron chi connectivity index (χ0n) is 12.1. The maximum absolute atomic E-state index is 5.30. The summed E-state index contributed by atoms with van der Waals surface area (Å²) in [6.45, 7) is 2.26. The van der Waals surface area contributed by atoms with Crippen molar-refractivity contribution in [2.45, 2.75) is 51.9 Å². The van der Waals surface area contributed by atoms with Gasteiger partial charge in [-0.15, -0.1) is 0 Å². The molecule has 0 saturated heterocycles. The van der Waals surface area contributed by atoms with Crippen LogP contribution in [0.2, 0.25) is 0 Å². The monoisotopic (exact) mass is 249 g/mol. The zero-order valence-corrected chi connectivity index (χ0v) is 12.1. The molecule has 0 unspecified atom stereocenters. The SMILES string of the molecule is CCCCCCCCc1ccc(OC)c(NC)c1. The van der Waals surface area contributed by atoms with E-state index >= 15 is 0 Å². The lowest BCUT2D eigenvalue weighted by atomic mass is 10.0. The summed E-state index contributed by atoms with van der Waals surface area (Å²) in [4.78, 5) is 0. The van der Waals surface area contributed by atoms with E-state index in [0.717, 1.165) is 11.4 Å². The van der Waals surface area contributed by atoms with E-state index < -0.39 is 0 Å². The van der Waals surface area contributed by atoms with E-state index in [-0.39, 0.29) is 0 Å². The molecule has 0 radical (unpaired) electrons. The van der Waals surface area contributed by atoms with E-state index in [0.29, 0.717) is 0 Å². The number of ether oxygens (including phenoxy) is 1. The molecule has 18 heavy (non-hydrogen) atoms. The van der Waals surface area contributed by atoms with Crippen LogP contribution < -0.4 is 10.1 Å². The smallest absolute Gasteiger partial charge is 0.141 e. The third kappa shape index (κ3) is 4.99. The molecule has 102 valence electrons. The standard InChI is InChI=1S/C16H27NO/c1-4-5-6-7-8-9-10-14-11-12-16(18-3)15(13-14)17-2/h11-13,17H,4-10H2,1-3H3. The quantitative estimate of drug-likeness (QED) is 0.644. The highest BCUT2D eigenvalue weighted by atomic mass is 16.5. The van der Waals surface area contributed by atoms with Gasteiger partial charge in [-0.25, -0.2) is 0 Å². The average Bonchev–Trinajstić information content (AvgIpc) is 2.42. The fourth-order valence-electron chi connectivity index (χ4n) is 2.22. The highest BCUT2D eigenvalue weighted by Gasteiger charge is 2.02. The number of hydrogen-bond donors (Lipinski definition) is 1. The molecule has 1 rings (SSSR count). The molecule has 0 aromatic heterocycles. The Labute approximate surface area is 112 Å². The Morgan fingerprint density at radius 1 is 1.06 bits per heavy atom. The molecule has 0 aliphatic carbocycles. The van der Waals surface area contributed by atoms with Crippen molar-refractivity contribution < 1.29 is 4.74 Å². The van der Waals surface area contributed by atoms with Gasteiger partial charge < -0.3 is 10.1 Å². The second-order valence-corrected chi connectivity index (χ2v) is 4.80. The third-order valence-electron chi connectivity index (χ3n) is 3.35. The minimum Gasteiger partial charge on any atom is -0.495 e. The lowest BCUT2D eigenvalue weighted by Gasteiger charge is -2.10. The first-order valence-corrected chi connectivity index (χ1v) is 7.16. The molecule has 2 nitrogen and oxygen atoms in total. The molecule has 0 aliphatic heterocycles. The Morgan fingerprint density at radius 3 is 2.44 bits per heavy atom. The van der Waals surface area contributed by atoms with Gasteiger partial charge in [0.1, 0.15) is 5.75 Å². The summed E-state index contributed by atoms with van der Waals surface area (Å²) in [6.07, 6.45) is 9.28. The van der Waals surface area contributed by atoms with Crippen LogP contribution in [0, 0.1) is 0 Å². The molecule has 0 bridgehead atoms. The molecule has 0 saturated carbocycles. The Kier molecular flexibility index (Phi) is 7.31. The number of rotatable bonds is 9. The summed E-state index contributed by atoms with van der Waals surface area (Å²) < 4.78 is 5.30. The van der Waals surface area contributed by atoms with Gasteiger partial charge in [0.15, 0.2) is 0 Å². The highest BCUT2D eigenvalue weighted by Crippen LogP contribution is 2.25. The number of hydrogen-bond acceptors (Lipinski definition) is 2. The van der Waals surface area contributed by atoms with Crippen molar-refractivity contribution in [2.24, 2.45) is 0 Å². The summed E-state index contributed by atoms with van der Waals surface area (Å²) in [7, 11) is 3.65. The van der Waals surface area contributed by atoms with E-state index in [2.05, 4.69) is 30.4 Å². The predicted molar refractivity (Wildman–Crippen MR) is 79.6 cm³/mol. The van der Waals surface area contributed by atoms with Gasteiger partial charge >= 0.3 is 0 Å². The van der Waals surface area contributed by atoms with Crippen LogP contribution in [0.4, 0.5) is 5.69 Å². The van der Waals surface area contributed by atoms with Crippen LogP contribution in [-0.2, 0) is 6.42 Å². The van der Waals surface area contributed by atoms with Gasteiger partial charge in [0.05, 0.1) is 12.8 Å². The number of aryl methyl sites for hydroxylation is 1. The lowest BCUT2D eigenvalue weighted by molar-refractivity contribution is 0.416. The molecule has 0 fully saturated rings. The van der Waals surface area contributed by atoms with Crippen molar-refractivity contribution in [1.29, 1.82) is 0 Å². The van der Waals surface area contributed by atoms with Crippen LogP contribution in [0.25, 0.3) is 0 Å². The third-order valence-corrected chi connectivity index (χ3v) is 3.35. The highest BCUT2D eigenvalue weighted by molar-refractivity contribution is 5.57. The van der Waals surface area contributed by atoms with Gasteiger partial charge in [-0.2, -0.15) is 0 Å². The molecule has 0 heterocycles. The number of anilines is 1. The number of benzene rings is 1. The Bertz CT molecular complexity index is 336. The first kappa shape index (κ1) is 14.9. The number of methoxy groups -OCH3 is 1. The van der Waals surface area contributed by atoms with Gasteiger partial charge in [0, 0.05) is 7.05 Å². The largest absolute Gasteiger partial charge is 0.495 e. The molecular formula is C16H27NO. The van der Waals surface area contributed by atoms with Crippen molar-refractivity contribution >= 4 is 5.69 Å². The minimum absolute atomic E-state index is 0.921. The number of unbranched alkanes of at least 4 members (excludes halogenated alkanes) is 5. The van der Waals surface area contributed by atoms with E-state index in [4.69, 9.17) is 4.74 Å². The molecule has 0 spiro atoms. The van der Waals surface area contributed by atoms with Crippen LogP contribution in [-0.4, -0.2) is 14.2 Å². The summed E-state index contributed by atoms with van der Waals surface area (Å²) in [5.41, 5.74) is 2.48. The fourth-order valence-corrected chi connectivity index (χ4v) is 2.22. The summed E-state index contributed by atoms with van der Waals surface area (Å²) in [5, 5.41) is 3.18. The van der Waals surface area contributed by atoms with Crippen molar-refractivity contribution in [3.05, 3.63) is 23.8 Å². The molecule has 0 atom stereocenters. The maximum atomic E-state index is 5.30. The van der Waals surface area contributed by atoms with Crippen LogP contribution in [0.5, 0.6) is 5.75 Å². The Hall–Kier alpha value is -1.18. The van der Waals surface area contributed by atoms with Crippen molar-refractivity contribution in [3.8, 4) is 5.75 Å². The lowest BCUT2D eigenvalue weighted by Crippen LogP contribution is -1.95. The average molecular weight is 249 g/mol. The van der Waals surface area contributed by atoms with Crippen molar-refractivity contribution in [1.82, 2.24) is 0 Å². The summed E-state index contributed by atoms with van der Waals surface area (Å²) in [6, 6.07) is 6.43. The fraction of sp³-hybridized carbons (Fsp3) is 0.625. The first-order chi connectivity index (χ1) is 8.81. The molecule has 0 aliphatic rings. The Morgan fingerprint density at radius 2 is 1.78 bits per heavy atom. The zero-order chi connectivity index (χ0) is 13.2. The molecule has 1 N–H and O–H groups in total. The van der Waals surface area contributed by atoms with Gasteiger partial charge in [0.25, 0.3) is 0 Å². The second-order valence-electron chi connectivity index (χ2n) is 4.80. The minimum atomic E-state index is 0.921. The van der Waals surface area contributed by atoms with Gasteiger partial charge in [-0.05, 0) is 30.5 Å². The molecule has 1 aromatic rings. The van der Waals surface area contributed by atoms with E-state index in [1.54, 1.807) is 7.11 Å². The molecule has 2 heteroatoms. The van der Waals surface area contributed by atoms with Crippen LogP contribution in [0.1, 0.15) is 51.0 Å². The van der Waals surface area contributed by atoms with Gasteiger partial charge in [-0.3, -0.25) is 0 Å². The molecule has 0 amide bonds. The Balaban J connectivity index is 2.34. The first-order valence-electron chi connectivity index (χ1n) is 7.16. The summed E-state index contributed by atoms with van der Waals surface area (Å²) in [5.74, 6) is 0.921. The predicted octanol–water partition coefficient (Wildman–Crippen LogP) is 4.64. The van der Waals surface area contributed by atoms with E-state index in [9.17, 15) is 0 Å². The van der Waals surface area contributed by atoms with E-state index in [1.165, 1.54) is 50.5 Å². The number of nitrogens with one attached hydrogen (secondary N) is 1.